The summed E-state index contributed by atoms with van der Waals surface area (Å²) in [7, 11) is 0. The van der Waals surface area contributed by atoms with Gasteiger partial charge >= 0.3 is 0 Å². The highest BCUT2D eigenvalue weighted by molar-refractivity contribution is 4.57. The fourth-order valence-electron chi connectivity index (χ4n) is 0.592. The molecule has 2 heteroatoms. The van der Waals surface area contributed by atoms with Crippen LogP contribution in [0.25, 0.3) is 0 Å². The van der Waals surface area contributed by atoms with Crippen molar-refractivity contribution in [1.82, 2.24) is 5.32 Å². The molecule has 0 amide bonds. The minimum atomic E-state index is 0.591. The number of rotatable bonds is 6. The van der Waals surface area contributed by atoms with E-state index in [0.29, 0.717) is 12.6 Å². The van der Waals surface area contributed by atoms with E-state index in [1.807, 2.05) is 0 Å². The fraction of sp³-hybridized carbons (Fsp3) is 0.750. The molecule has 0 rings (SSSR count). The van der Waals surface area contributed by atoms with E-state index in [2.05, 4.69) is 25.7 Å². The number of ether oxygens (including phenoxy) is 1. The highest BCUT2D eigenvalue weighted by atomic mass is 16.5. The second-order valence-corrected chi connectivity index (χ2v) is 2.30. The average Bonchev–Trinajstić information content (AvgIpc) is 1.98. The van der Waals surface area contributed by atoms with Crippen molar-refractivity contribution in [3.05, 3.63) is 12.8 Å². The predicted octanol–water partition coefficient (Wildman–Crippen LogP) is 1.53. The SMILES string of the molecule is C=COCCNC(C)CC. The van der Waals surface area contributed by atoms with Crippen LogP contribution < -0.4 is 5.32 Å². The van der Waals surface area contributed by atoms with Gasteiger partial charge in [-0.05, 0) is 13.3 Å². The Bertz CT molecular complexity index is 83.3. The third kappa shape index (κ3) is 5.63. The normalized spacial score (nSPS) is 12.6. The Morgan fingerprint density at radius 2 is 2.40 bits per heavy atom. The Balaban J connectivity index is 2.95. The van der Waals surface area contributed by atoms with Crippen LogP contribution in [0.3, 0.4) is 0 Å². The molecule has 0 aromatic heterocycles. The zero-order valence-electron chi connectivity index (χ0n) is 6.89. The molecule has 0 heterocycles. The van der Waals surface area contributed by atoms with Gasteiger partial charge in [0.2, 0.25) is 0 Å². The van der Waals surface area contributed by atoms with Gasteiger partial charge in [-0.25, -0.2) is 0 Å². The number of hydrogen-bond donors (Lipinski definition) is 1. The number of nitrogens with one attached hydrogen (secondary N) is 1. The van der Waals surface area contributed by atoms with Crippen LogP contribution in [-0.2, 0) is 4.74 Å². The van der Waals surface area contributed by atoms with Gasteiger partial charge < -0.3 is 10.1 Å². The minimum Gasteiger partial charge on any atom is -0.500 e. The first-order valence-corrected chi connectivity index (χ1v) is 3.77. The lowest BCUT2D eigenvalue weighted by atomic mass is 10.3. The molecule has 0 bridgehead atoms. The summed E-state index contributed by atoms with van der Waals surface area (Å²) in [6.07, 6.45) is 2.63. The quantitative estimate of drug-likeness (QED) is 0.450. The van der Waals surface area contributed by atoms with Crippen LogP contribution in [0.1, 0.15) is 20.3 Å². The zero-order valence-corrected chi connectivity index (χ0v) is 6.89. The average molecular weight is 143 g/mol. The summed E-state index contributed by atoms with van der Waals surface area (Å²) >= 11 is 0. The molecule has 1 N–H and O–H groups in total. The summed E-state index contributed by atoms with van der Waals surface area (Å²) < 4.78 is 4.93. The van der Waals surface area contributed by atoms with E-state index in [1.165, 1.54) is 6.26 Å². The molecule has 0 radical (unpaired) electrons. The molecular formula is C8H17NO. The first-order valence-electron chi connectivity index (χ1n) is 3.77. The van der Waals surface area contributed by atoms with Crippen molar-refractivity contribution >= 4 is 0 Å². The molecule has 0 aliphatic rings. The van der Waals surface area contributed by atoms with E-state index >= 15 is 0 Å². The first-order chi connectivity index (χ1) is 4.81. The first kappa shape index (κ1) is 9.50. The van der Waals surface area contributed by atoms with Gasteiger partial charge in [0.1, 0.15) is 0 Å². The van der Waals surface area contributed by atoms with Gasteiger partial charge in [0.15, 0.2) is 0 Å². The van der Waals surface area contributed by atoms with E-state index in [1.54, 1.807) is 0 Å². The predicted molar refractivity (Wildman–Crippen MR) is 43.9 cm³/mol. The lowest BCUT2D eigenvalue weighted by molar-refractivity contribution is 0.245. The van der Waals surface area contributed by atoms with Crippen molar-refractivity contribution in [2.24, 2.45) is 0 Å². The van der Waals surface area contributed by atoms with Gasteiger partial charge in [-0.3, -0.25) is 0 Å². The molecule has 0 spiro atoms. The van der Waals surface area contributed by atoms with Crippen molar-refractivity contribution in [2.75, 3.05) is 13.2 Å². The van der Waals surface area contributed by atoms with Gasteiger partial charge in [0.05, 0.1) is 12.9 Å². The van der Waals surface area contributed by atoms with Crippen LogP contribution in [-0.4, -0.2) is 19.2 Å². The molecule has 0 aromatic carbocycles. The van der Waals surface area contributed by atoms with Crippen molar-refractivity contribution in [3.8, 4) is 0 Å². The molecular weight excluding hydrogens is 126 g/mol. The summed E-state index contributed by atoms with van der Waals surface area (Å²) in [5.41, 5.74) is 0. The van der Waals surface area contributed by atoms with Crippen molar-refractivity contribution in [3.63, 3.8) is 0 Å². The van der Waals surface area contributed by atoms with E-state index in [0.717, 1.165) is 13.0 Å². The van der Waals surface area contributed by atoms with Gasteiger partial charge in [0.25, 0.3) is 0 Å². The number of hydrogen-bond acceptors (Lipinski definition) is 2. The molecule has 0 aliphatic heterocycles. The van der Waals surface area contributed by atoms with E-state index < -0.39 is 0 Å². The second-order valence-electron chi connectivity index (χ2n) is 2.30. The Morgan fingerprint density at radius 3 is 2.90 bits per heavy atom. The Kier molecular flexibility index (Phi) is 6.29. The van der Waals surface area contributed by atoms with Gasteiger partial charge in [-0.1, -0.05) is 13.5 Å². The zero-order chi connectivity index (χ0) is 7.82. The third-order valence-corrected chi connectivity index (χ3v) is 1.44. The van der Waals surface area contributed by atoms with Crippen molar-refractivity contribution in [2.45, 2.75) is 26.3 Å². The third-order valence-electron chi connectivity index (χ3n) is 1.44. The van der Waals surface area contributed by atoms with Gasteiger partial charge in [-0.15, -0.1) is 0 Å². The topological polar surface area (TPSA) is 21.3 Å². The molecule has 0 aliphatic carbocycles. The monoisotopic (exact) mass is 143 g/mol. The fourth-order valence-corrected chi connectivity index (χ4v) is 0.592. The standard InChI is InChI=1S/C8H17NO/c1-4-8(3)9-6-7-10-5-2/h5,8-9H,2,4,6-7H2,1,3H3. The molecule has 10 heavy (non-hydrogen) atoms. The maximum Gasteiger partial charge on any atom is 0.0997 e. The van der Waals surface area contributed by atoms with Crippen molar-refractivity contribution in [1.29, 1.82) is 0 Å². The van der Waals surface area contributed by atoms with Crippen LogP contribution in [0.2, 0.25) is 0 Å². The lowest BCUT2D eigenvalue weighted by Gasteiger charge is -2.09. The molecule has 0 aromatic rings. The largest absolute Gasteiger partial charge is 0.500 e. The van der Waals surface area contributed by atoms with Crippen LogP contribution in [0.5, 0.6) is 0 Å². The molecule has 1 unspecified atom stereocenters. The molecule has 2 nitrogen and oxygen atoms in total. The maximum atomic E-state index is 4.93. The van der Waals surface area contributed by atoms with Crippen LogP contribution >= 0.6 is 0 Å². The second kappa shape index (κ2) is 6.62. The molecule has 0 saturated heterocycles. The van der Waals surface area contributed by atoms with Crippen molar-refractivity contribution < 1.29 is 4.74 Å². The summed E-state index contributed by atoms with van der Waals surface area (Å²) in [5, 5.41) is 3.29. The van der Waals surface area contributed by atoms with Crippen LogP contribution in [0, 0.1) is 0 Å². The van der Waals surface area contributed by atoms with Gasteiger partial charge in [0, 0.05) is 12.6 Å². The Labute approximate surface area is 63.3 Å². The summed E-state index contributed by atoms with van der Waals surface area (Å²) in [5.74, 6) is 0. The molecule has 0 fully saturated rings. The highest BCUT2D eigenvalue weighted by Gasteiger charge is 1.94. The summed E-state index contributed by atoms with van der Waals surface area (Å²) in [6.45, 7) is 9.39. The van der Waals surface area contributed by atoms with Crippen LogP contribution in [0.4, 0.5) is 0 Å². The summed E-state index contributed by atoms with van der Waals surface area (Å²) in [4.78, 5) is 0. The molecule has 1 atom stereocenters. The maximum absolute atomic E-state index is 4.93. The van der Waals surface area contributed by atoms with E-state index in [-0.39, 0.29) is 0 Å². The van der Waals surface area contributed by atoms with E-state index in [4.69, 9.17) is 4.74 Å². The lowest BCUT2D eigenvalue weighted by Crippen LogP contribution is -2.28. The Hall–Kier alpha value is -0.500. The van der Waals surface area contributed by atoms with Crippen LogP contribution in [0.15, 0.2) is 12.8 Å². The smallest absolute Gasteiger partial charge is 0.0997 e. The summed E-state index contributed by atoms with van der Waals surface area (Å²) in [6, 6.07) is 0.591. The molecule has 60 valence electrons. The molecule has 0 saturated carbocycles. The van der Waals surface area contributed by atoms with E-state index in [9.17, 15) is 0 Å². The highest BCUT2D eigenvalue weighted by Crippen LogP contribution is 1.85. The Morgan fingerprint density at radius 1 is 1.70 bits per heavy atom. The van der Waals surface area contributed by atoms with Gasteiger partial charge in [-0.2, -0.15) is 0 Å². The minimum absolute atomic E-state index is 0.591.